The van der Waals surface area contributed by atoms with E-state index in [1.807, 2.05) is 32.7 Å². The molecule has 1 aliphatic heterocycles. The van der Waals surface area contributed by atoms with Gasteiger partial charge in [0.25, 0.3) is 0 Å². The van der Waals surface area contributed by atoms with Crippen LogP contribution in [-0.4, -0.2) is 54.0 Å². The van der Waals surface area contributed by atoms with Crippen molar-refractivity contribution in [3.63, 3.8) is 0 Å². The topological polar surface area (TPSA) is 61.8 Å². The molecule has 0 radical (unpaired) electrons. The number of hydrogen-bond acceptors (Lipinski definition) is 4. The molecule has 1 rings (SSSR count). The monoisotopic (exact) mass is 230 g/mol. The second kappa shape index (κ2) is 5.01. The van der Waals surface area contributed by atoms with Gasteiger partial charge in [0.05, 0.1) is 12.1 Å². The summed E-state index contributed by atoms with van der Waals surface area (Å²) in [6.45, 7) is 6.91. The number of carbonyl (C=O) groups excluding carboxylic acids is 1. The Morgan fingerprint density at radius 2 is 2.12 bits per heavy atom. The summed E-state index contributed by atoms with van der Waals surface area (Å²) in [5.74, 6) is 0. The number of alkyl carbamates (subject to hydrolysis) is 1. The van der Waals surface area contributed by atoms with Crippen LogP contribution < -0.4 is 5.32 Å². The van der Waals surface area contributed by atoms with Crippen LogP contribution in [0.5, 0.6) is 0 Å². The zero-order valence-corrected chi connectivity index (χ0v) is 10.5. The molecule has 94 valence electrons. The molecular weight excluding hydrogens is 208 g/mol. The molecule has 5 heteroatoms. The van der Waals surface area contributed by atoms with E-state index in [9.17, 15) is 9.90 Å². The smallest absolute Gasteiger partial charge is 0.407 e. The summed E-state index contributed by atoms with van der Waals surface area (Å²) >= 11 is 0. The van der Waals surface area contributed by atoms with Crippen LogP contribution in [0.2, 0.25) is 0 Å². The van der Waals surface area contributed by atoms with Crippen molar-refractivity contribution in [1.82, 2.24) is 10.2 Å². The number of nitrogens with zero attached hydrogens (tertiary/aromatic N) is 1. The minimum atomic E-state index is -0.522. The van der Waals surface area contributed by atoms with E-state index in [-0.39, 0.29) is 6.04 Å². The molecule has 1 aliphatic rings. The van der Waals surface area contributed by atoms with Crippen LogP contribution in [0.25, 0.3) is 0 Å². The number of hydrogen-bond donors (Lipinski definition) is 2. The standard InChI is InChI=1S/C11H22N2O3/c1-11(2,3)16-10(15)12-8-5-6-13(4)7-9(8)14/h8-9,14H,5-7H2,1-4H3,(H,12,15)/t8-,9-/m0/s1. The van der Waals surface area contributed by atoms with Crippen molar-refractivity contribution in [2.24, 2.45) is 0 Å². The number of β-amino-alcohol motifs (C(OH)–C–C–N with tert-alkyl or cyclic N) is 1. The van der Waals surface area contributed by atoms with Gasteiger partial charge >= 0.3 is 6.09 Å². The predicted molar refractivity (Wildman–Crippen MR) is 61.3 cm³/mol. The van der Waals surface area contributed by atoms with Gasteiger partial charge in [-0.05, 0) is 40.8 Å². The molecule has 0 unspecified atom stereocenters. The van der Waals surface area contributed by atoms with Gasteiger partial charge < -0.3 is 20.1 Å². The third-order valence-electron chi connectivity index (χ3n) is 2.49. The van der Waals surface area contributed by atoms with E-state index in [1.54, 1.807) is 0 Å². The van der Waals surface area contributed by atoms with Crippen molar-refractivity contribution in [3.8, 4) is 0 Å². The summed E-state index contributed by atoms with van der Waals surface area (Å²) < 4.78 is 5.14. The molecule has 1 fully saturated rings. The molecule has 0 aromatic carbocycles. The van der Waals surface area contributed by atoms with Crippen molar-refractivity contribution in [2.75, 3.05) is 20.1 Å². The molecule has 0 bridgehead atoms. The Kier molecular flexibility index (Phi) is 4.15. The SMILES string of the molecule is CN1CC[C@H](NC(=O)OC(C)(C)C)[C@@H](O)C1. The number of nitrogens with one attached hydrogen (secondary N) is 1. The van der Waals surface area contributed by atoms with Crippen molar-refractivity contribution < 1.29 is 14.6 Å². The van der Waals surface area contributed by atoms with Crippen LogP contribution in [0.15, 0.2) is 0 Å². The highest BCUT2D eigenvalue weighted by atomic mass is 16.6. The average Bonchev–Trinajstić information content (AvgIpc) is 2.06. The number of rotatable bonds is 1. The molecule has 1 heterocycles. The zero-order valence-electron chi connectivity index (χ0n) is 10.5. The highest BCUT2D eigenvalue weighted by Crippen LogP contribution is 2.11. The first-order valence-corrected chi connectivity index (χ1v) is 5.64. The van der Waals surface area contributed by atoms with Crippen LogP contribution in [0.3, 0.4) is 0 Å². The average molecular weight is 230 g/mol. The molecule has 16 heavy (non-hydrogen) atoms. The first-order chi connectivity index (χ1) is 7.28. The number of ether oxygens (including phenoxy) is 1. The summed E-state index contributed by atoms with van der Waals surface area (Å²) in [6.07, 6.45) is -0.232. The van der Waals surface area contributed by atoms with Gasteiger partial charge in [0.1, 0.15) is 5.60 Å². The van der Waals surface area contributed by atoms with Crippen molar-refractivity contribution in [1.29, 1.82) is 0 Å². The first kappa shape index (κ1) is 13.3. The summed E-state index contributed by atoms with van der Waals surface area (Å²) in [6, 6.07) is -0.203. The fourth-order valence-electron chi connectivity index (χ4n) is 1.72. The van der Waals surface area contributed by atoms with Crippen molar-refractivity contribution in [3.05, 3.63) is 0 Å². The zero-order chi connectivity index (χ0) is 12.3. The quantitative estimate of drug-likeness (QED) is 0.691. The minimum absolute atomic E-state index is 0.203. The van der Waals surface area contributed by atoms with E-state index in [0.29, 0.717) is 6.54 Å². The Balaban J connectivity index is 2.39. The van der Waals surface area contributed by atoms with E-state index in [1.165, 1.54) is 0 Å². The fourth-order valence-corrected chi connectivity index (χ4v) is 1.72. The lowest BCUT2D eigenvalue weighted by atomic mass is 10.0. The van der Waals surface area contributed by atoms with E-state index in [2.05, 4.69) is 5.32 Å². The molecule has 1 amide bonds. The lowest BCUT2D eigenvalue weighted by Crippen LogP contribution is -2.53. The minimum Gasteiger partial charge on any atom is -0.444 e. The third kappa shape index (κ3) is 4.37. The summed E-state index contributed by atoms with van der Waals surface area (Å²) in [5, 5.41) is 12.5. The maximum Gasteiger partial charge on any atom is 0.407 e. The van der Waals surface area contributed by atoms with Gasteiger partial charge in [-0.3, -0.25) is 0 Å². The molecule has 5 nitrogen and oxygen atoms in total. The Bertz CT molecular complexity index is 250. The Morgan fingerprint density at radius 1 is 1.50 bits per heavy atom. The second-order valence-corrected chi connectivity index (χ2v) is 5.37. The number of amides is 1. The largest absolute Gasteiger partial charge is 0.444 e. The van der Waals surface area contributed by atoms with Crippen LogP contribution in [-0.2, 0) is 4.74 Å². The van der Waals surface area contributed by atoms with Gasteiger partial charge in [-0.25, -0.2) is 4.79 Å². The van der Waals surface area contributed by atoms with E-state index >= 15 is 0 Å². The predicted octanol–water partition coefficient (Wildman–Crippen LogP) is 0.576. The lowest BCUT2D eigenvalue weighted by Gasteiger charge is -2.34. The molecule has 0 aliphatic carbocycles. The van der Waals surface area contributed by atoms with Gasteiger partial charge in [0.15, 0.2) is 0 Å². The van der Waals surface area contributed by atoms with E-state index in [4.69, 9.17) is 4.74 Å². The molecule has 0 aromatic rings. The fraction of sp³-hybridized carbons (Fsp3) is 0.909. The summed E-state index contributed by atoms with van der Waals surface area (Å²) in [5.41, 5.74) is -0.500. The van der Waals surface area contributed by atoms with Crippen LogP contribution in [0.4, 0.5) is 4.79 Å². The van der Waals surface area contributed by atoms with Gasteiger partial charge in [-0.1, -0.05) is 0 Å². The molecule has 2 atom stereocenters. The number of aliphatic hydroxyl groups excluding tert-OH is 1. The Labute approximate surface area is 96.8 Å². The summed E-state index contributed by atoms with van der Waals surface area (Å²) in [7, 11) is 1.95. The van der Waals surface area contributed by atoms with Crippen molar-refractivity contribution >= 4 is 6.09 Å². The van der Waals surface area contributed by atoms with E-state index in [0.717, 1.165) is 13.0 Å². The number of likely N-dealkylation sites (N-methyl/N-ethyl adjacent to an activating group) is 1. The summed E-state index contributed by atoms with van der Waals surface area (Å²) in [4.78, 5) is 13.5. The molecule has 2 N–H and O–H groups in total. The second-order valence-electron chi connectivity index (χ2n) is 5.37. The molecule has 0 saturated carbocycles. The van der Waals surface area contributed by atoms with Crippen LogP contribution in [0.1, 0.15) is 27.2 Å². The maximum atomic E-state index is 11.5. The van der Waals surface area contributed by atoms with Gasteiger partial charge in [0, 0.05) is 6.54 Å². The lowest BCUT2D eigenvalue weighted by molar-refractivity contribution is 0.0252. The normalized spacial score (nSPS) is 27.6. The van der Waals surface area contributed by atoms with Crippen LogP contribution in [0, 0.1) is 0 Å². The third-order valence-corrected chi connectivity index (χ3v) is 2.49. The Hall–Kier alpha value is -0.810. The van der Waals surface area contributed by atoms with Gasteiger partial charge in [0.2, 0.25) is 0 Å². The van der Waals surface area contributed by atoms with Gasteiger partial charge in [-0.2, -0.15) is 0 Å². The van der Waals surface area contributed by atoms with Crippen molar-refractivity contribution in [2.45, 2.75) is 44.9 Å². The number of likely N-dealkylation sites (tertiary alicyclic amines) is 1. The maximum absolute atomic E-state index is 11.5. The molecule has 0 aromatic heterocycles. The number of aliphatic hydroxyl groups is 1. The highest BCUT2D eigenvalue weighted by Gasteiger charge is 2.28. The number of carbonyl (C=O) groups is 1. The first-order valence-electron chi connectivity index (χ1n) is 5.64. The van der Waals surface area contributed by atoms with Crippen LogP contribution >= 0.6 is 0 Å². The molecular formula is C11H22N2O3. The number of piperidine rings is 1. The van der Waals surface area contributed by atoms with Gasteiger partial charge in [-0.15, -0.1) is 0 Å². The Morgan fingerprint density at radius 3 is 2.62 bits per heavy atom. The highest BCUT2D eigenvalue weighted by molar-refractivity contribution is 5.68. The molecule has 0 spiro atoms. The molecule has 1 saturated heterocycles. The van der Waals surface area contributed by atoms with E-state index < -0.39 is 17.8 Å².